The number of aromatic nitrogens is 1. The topological polar surface area (TPSA) is 82.0 Å². The number of halogens is 1. The summed E-state index contributed by atoms with van der Waals surface area (Å²) in [6.45, 7) is 0. The van der Waals surface area contributed by atoms with E-state index >= 15 is 0 Å². The molecule has 0 fully saturated rings. The predicted molar refractivity (Wildman–Crippen MR) is 73.1 cm³/mol. The number of carbonyl (C=O) groups excluding carboxylic acids is 1. The van der Waals surface area contributed by atoms with E-state index in [1.54, 1.807) is 18.3 Å². The van der Waals surface area contributed by atoms with Crippen LogP contribution in [-0.4, -0.2) is 10.9 Å². The minimum absolute atomic E-state index is 0.283. The predicted octanol–water partition coefficient (Wildman–Crippen LogP) is 2.19. The van der Waals surface area contributed by atoms with Crippen LogP contribution in [0.4, 0.5) is 10.1 Å². The molecule has 0 aliphatic heterocycles. The normalized spacial score (nSPS) is 10.4. The van der Waals surface area contributed by atoms with Crippen LogP contribution in [0.5, 0.6) is 0 Å². The van der Waals surface area contributed by atoms with Crippen molar-refractivity contribution in [3.63, 3.8) is 0 Å². The summed E-state index contributed by atoms with van der Waals surface area (Å²) in [5, 5.41) is 0.631. The molecule has 0 spiro atoms. The second kappa shape index (κ2) is 5.71. The lowest BCUT2D eigenvalue weighted by atomic mass is 10.1. The number of hydrogen-bond donors (Lipinski definition) is 2. The zero-order valence-corrected chi connectivity index (χ0v) is 10.8. The molecule has 0 radical (unpaired) electrons. The van der Waals surface area contributed by atoms with Crippen LogP contribution in [0.2, 0.25) is 0 Å². The van der Waals surface area contributed by atoms with Gasteiger partial charge in [-0.2, -0.15) is 0 Å². The molecule has 6 heteroatoms. The van der Waals surface area contributed by atoms with Crippen LogP contribution >= 0.6 is 11.8 Å². The maximum Gasteiger partial charge on any atom is 0.248 e. The van der Waals surface area contributed by atoms with Crippen molar-refractivity contribution in [3.8, 4) is 0 Å². The number of amides is 1. The molecule has 1 amide bonds. The van der Waals surface area contributed by atoms with Gasteiger partial charge in [0.05, 0.1) is 5.69 Å². The van der Waals surface area contributed by atoms with E-state index in [-0.39, 0.29) is 11.4 Å². The summed E-state index contributed by atoms with van der Waals surface area (Å²) in [5.74, 6) is -0.635. The Labute approximate surface area is 114 Å². The average Bonchev–Trinajstić information content (AvgIpc) is 2.39. The minimum atomic E-state index is -0.580. The molecular weight excluding hydrogens is 265 g/mol. The molecule has 0 bridgehead atoms. The zero-order valence-electron chi connectivity index (χ0n) is 9.97. The van der Waals surface area contributed by atoms with E-state index in [2.05, 4.69) is 4.98 Å². The van der Waals surface area contributed by atoms with Crippen LogP contribution in [0.3, 0.4) is 0 Å². The molecule has 19 heavy (non-hydrogen) atoms. The van der Waals surface area contributed by atoms with Crippen molar-refractivity contribution in [1.82, 2.24) is 4.98 Å². The van der Waals surface area contributed by atoms with Crippen molar-refractivity contribution in [2.45, 2.75) is 10.8 Å². The number of nitrogens with zero attached hydrogens (tertiary/aromatic N) is 1. The molecule has 1 aromatic carbocycles. The second-order valence-corrected chi connectivity index (χ2v) is 4.82. The molecule has 0 atom stereocenters. The standard InChI is InChI=1S/C13H12FN3OS/c14-10-4-3-8(12(16)18)6-9(10)7-19-13-11(15)2-1-5-17-13/h1-6H,7,15H2,(H2,16,18). The van der Waals surface area contributed by atoms with Crippen LogP contribution in [0.1, 0.15) is 15.9 Å². The summed E-state index contributed by atoms with van der Waals surface area (Å²) in [5.41, 5.74) is 12.1. The number of hydrogen-bond acceptors (Lipinski definition) is 4. The number of nitrogens with two attached hydrogens (primary N) is 2. The van der Waals surface area contributed by atoms with E-state index < -0.39 is 5.91 Å². The van der Waals surface area contributed by atoms with Crippen molar-refractivity contribution in [1.29, 1.82) is 0 Å². The van der Waals surface area contributed by atoms with Gasteiger partial charge in [-0.05, 0) is 35.9 Å². The largest absolute Gasteiger partial charge is 0.397 e. The summed E-state index contributed by atoms with van der Waals surface area (Å²) in [6, 6.07) is 7.50. The quantitative estimate of drug-likeness (QED) is 0.839. The third kappa shape index (κ3) is 3.23. The van der Waals surface area contributed by atoms with E-state index in [9.17, 15) is 9.18 Å². The lowest BCUT2D eigenvalue weighted by molar-refractivity contribution is 0.1000. The number of pyridine rings is 1. The van der Waals surface area contributed by atoms with Gasteiger partial charge in [0, 0.05) is 17.5 Å². The first-order chi connectivity index (χ1) is 9.08. The second-order valence-electron chi connectivity index (χ2n) is 3.86. The summed E-state index contributed by atoms with van der Waals surface area (Å²) in [7, 11) is 0. The Morgan fingerprint density at radius 3 is 2.84 bits per heavy atom. The molecule has 1 aromatic heterocycles. The Balaban J connectivity index is 2.17. The molecule has 0 unspecified atom stereocenters. The Morgan fingerprint density at radius 1 is 1.37 bits per heavy atom. The van der Waals surface area contributed by atoms with E-state index in [1.807, 2.05) is 0 Å². The monoisotopic (exact) mass is 277 g/mol. The van der Waals surface area contributed by atoms with Crippen molar-refractivity contribution in [2.75, 3.05) is 5.73 Å². The number of rotatable bonds is 4. The summed E-state index contributed by atoms with van der Waals surface area (Å²) in [4.78, 5) is 15.2. The van der Waals surface area contributed by atoms with Crippen molar-refractivity contribution >= 4 is 23.4 Å². The van der Waals surface area contributed by atoms with Gasteiger partial charge in [0.15, 0.2) is 0 Å². The molecule has 2 aromatic rings. The molecule has 0 aliphatic rings. The number of thioether (sulfide) groups is 1. The van der Waals surface area contributed by atoms with E-state index in [0.717, 1.165) is 0 Å². The molecule has 98 valence electrons. The summed E-state index contributed by atoms with van der Waals surface area (Å²) in [6.07, 6.45) is 1.62. The van der Waals surface area contributed by atoms with E-state index in [0.29, 0.717) is 22.0 Å². The number of nitrogen functional groups attached to an aromatic ring is 1. The number of anilines is 1. The van der Waals surface area contributed by atoms with Crippen LogP contribution in [0.25, 0.3) is 0 Å². The molecule has 0 aliphatic carbocycles. The smallest absolute Gasteiger partial charge is 0.248 e. The average molecular weight is 277 g/mol. The fraction of sp³-hybridized carbons (Fsp3) is 0.0769. The molecule has 2 rings (SSSR count). The van der Waals surface area contributed by atoms with Crippen molar-refractivity contribution in [3.05, 3.63) is 53.5 Å². The highest BCUT2D eigenvalue weighted by atomic mass is 32.2. The summed E-state index contributed by atoms with van der Waals surface area (Å²) >= 11 is 1.31. The number of primary amides is 1. The Morgan fingerprint density at radius 2 is 2.16 bits per heavy atom. The fourth-order valence-electron chi connectivity index (χ4n) is 1.51. The van der Waals surface area contributed by atoms with Gasteiger partial charge in [0.25, 0.3) is 0 Å². The van der Waals surface area contributed by atoms with Gasteiger partial charge in [-0.3, -0.25) is 4.79 Å². The molecular formula is C13H12FN3OS. The number of benzene rings is 1. The Hall–Kier alpha value is -2.08. The Bertz CT molecular complexity index is 619. The first-order valence-electron chi connectivity index (χ1n) is 5.49. The van der Waals surface area contributed by atoms with Crippen molar-refractivity contribution < 1.29 is 9.18 Å². The first kappa shape index (κ1) is 13.4. The molecule has 1 heterocycles. The highest BCUT2D eigenvalue weighted by Gasteiger charge is 2.09. The zero-order chi connectivity index (χ0) is 13.8. The fourth-order valence-corrected chi connectivity index (χ4v) is 2.39. The maximum absolute atomic E-state index is 13.6. The van der Waals surface area contributed by atoms with Gasteiger partial charge < -0.3 is 11.5 Å². The highest BCUT2D eigenvalue weighted by Crippen LogP contribution is 2.26. The lowest BCUT2D eigenvalue weighted by Crippen LogP contribution is -2.11. The van der Waals surface area contributed by atoms with Crippen LogP contribution in [-0.2, 0) is 5.75 Å². The third-order valence-electron chi connectivity index (χ3n) is 2.50. The summed E-state index contributed by atoms with van der Waals surface area (Å²) < 4.78 is 13.6. The van der Waals surface area contributed by atoms with Gasteiger partial charge >= 0.3 is 0 Å². The molecule has 0 saturated heterocycles. The van der Waals surface area contributed by atoms with Gasteiger partial charge in [-0.25, -0.2) is 9.37 Å². The highest BCUT2D eigenvalue weighted by molar-refractivity contribution is 7.98. The van der Waals surface area contributed by atoms with Crippen LogP contribution in [0.15, 0.2) is 41.6 Å². The molecule has 4 nitrogen and oxygen atoms in total. The van der Waals surface area contributed by atoms with Crippen LogP contribution in [0, 0.1) is 5.82 Å². The van der Waals surface area contributed by atoms with E-state index in [4.69, 9.17) is 11.5 Å². The third-order valence-corrected chi connectivity index (χ3v) is 3.57. The SMILES string of the molecule is NC(=O)c1ccc(F)c(CSc2ncccc2N)c1. The van der Waals surface area contributed by atoms with Gasteiger partial charge in [-0.1, -0.05) is 11.8 Å². The number of carbonyl (C=O) groups is 1. The molecule has 4 N–H and O–H groups in total. The first-order valence-corrected chi connectivity index (χ1v) is 6.48. The Kier molecular flexibility index (Phi) is 4.01. The molecule has 0 saturated carbocycles. The van der Waals surface area contributed by atoms with Gasteiger partial charge in [0.2, 0.25) is 5.91 Å². The van der Waals surface area contributed by atoms with Gasteiger partial charge in [0.1, 0.15) is 10.8 Å². The van der Waals surface area contributed by atoms with Crippen LogP contribution < -0.4 is 11.5 Å². The van der Waals surface area contributed by atoms with Crippen molar-refractivity contribution in [2.24, 2.45) is 5.73 Å². The lowest BCUT2D eigenvalue weighted by Gasteiger charge is -2.06. The van der Waals surface area contributed by atoms with E-state index in [1.165, 1.54) is 30.0 Å². The van der Waals surface area contributed by atoms with Gasteiger partial charge in [-0.15, -0.1) is 0 Å². The maximum atomic E-state index is 13.6. The minimum Gasteiger partial charge on any atom is -0.397 e.